The van der Waals surface area contributed by atoms with Crippen LogP contribution in [0.25, 0.3) is 43.8 Å². The minimum Gasteiger partial charge on any atom is -0.164 e. The molecule has 0 atom stereocenters. The molecule has 0 N–H and O–H groups in total. The van der Waals surface area contributed by atoms with Crippen LogP contribution < -0.4 is 0 Å². The van der Waals surface area contributed by atoms with E-state index < -0.39 is 0 Å². The molecule has 0 aliphatic carbocycles. The van der Waals surface area contributed by atoms with Crippen LogP contribution in [-0.4, -0.2) is 9.52 Å². The fourth-order valence-electron chi connectivity index (χ4n) is 5.68. The van der Waals surface area contributed by atoms with Gasteiger partial charge in [-0.25, -0.2) is 0 Å². The molecule has 0 aliphatic heterocycles. The normalized spacial score (nSPS) is 10.4. The van der Waals surface area contributed by atoms with Crippen LogP contribution in [0.5, 0.6) is 0 Å². The molecule has 0 aromatic heterocycles. The standard InChI is InChI=1S/2C19H19.C2H6Si.Hf/c2*1-3-7-15-12-16-9-6-11-18(19(16)13-15)17-10-5-4-8-14(17)2;1-3-2;/h2*4-6,8-13H,3,7H2,1-2H3;1-2H3;/q2*-1;;. The zero-order chi connectivity index (χ0) is 29.2. The number of hydrogen-bond acceptors (Lipinski definition) is 0. The number of benzene rings is 4. The average Bonchev–Trinajstić information content (AvgIpc) is 3.58. The van der Waals surface area contributed by atoms with E-state index in [9.17, 15) is 0 Å². The fraction of sp³-hybridized carbons (Fsp3) is 0.250. The molecule has 6 aromatic carbocycles. The summed E-state index contributed by atoms with van der Waals surface area (Å²) in [5.74, 6) is 0. The van der Waals surface area contributed by atoms with Crippen LogP contribution in [-0.2, 0) is 38.7 Å². The van der Waals surface area contributed by atoms with Gasteiger partial charge in [-0.1, -0.05) is 112 Å². The van der Waals surface area contributed by atoms with Gasteiger partial charge in [-0.3, -0.25) is 0 Å². The fourth-order valence-corrected chi connectivity index (χ4v) is 5.68. The zero-order valence-electron chi connectivity index (χ0n) is 26.2. The molecule has 0 spiro atoms. The van der Waals surface area contributed by atoms with Gasteiger partial charge in [0.1, 0.15) is 0 Å². The maximum atomic E-state index is 2.36. The van der Waals surface area contributed by atoms with E-state index in [4.69, 9.17) is 0 Å². The average molecular weight is 731 g/mol. The molecule has 0 saturated heterocycles. The maximum absolute atomic E-state index is 2.36. The van der Waals surface area contributed by atoms with E-state index in [1.165, 1.54) is 91.7 Å². The summed E-state index contributed by atoms with van der Waals surface area (Å²) >= 11 is 0. The molecule has 0 aliphatic rings. The molecule has 214 valence electrons. The molecule has 42 heavy (non-hydrogen) atoms. The summed E-state index contributed by atoms with van der Waals surface area (Å²) in [7, 11) is 1.08. The van der Waals surface area contributed by atoms with Crippen LogP contribution in [0.15, 0.2) is 109 Å². The number of rotatable bonds is 6. The van der Waals surface area contributed by atoms with Crippen LogP contribution in [0.1, 0.15) is 48.9 Å². The van der Waals surface area contributed by atoms with Gasteiger partial charge in [0.25, 0.3) is 0 Å². The van der Waals surface area contributed by atoms with Crippen molar-refractivity contribution in [1.82, 2.24) is 0 Å². The summed E-state index contributed by atoms with van der Waals surface area (Å²) in [6.07, 6.45) is 4.75. The second-order valence-corrected chi connectivity index (χ2v) is 12.0. The van der Waals surface area contributed by atoms with E-state index in [0.29, 0.717) is 0 Å². The van der Waals surface area contributed by atoms with Gasteiger partial charge in [0.05, 0.1) is 0 Å². The van der Waals surface area contributed by atoms with Crippen molar-refractivity contribution in [3.8, 4) is 22.3 Å². The monoisotopic (exact) mass is 732 g/mol. The van der Waals surface area contributed by atoms with Crippen molar-refractivity contribution in [2.45, 2.75) is 66.5 Å². The van der Waals surface area contributed by atoms with Crippen LogP contribution in [0, 0.1) is 13.8 Å². The summed E-state index contributed by atoms with van der Waals surface area (Å²) in [6, 6.07) is 39.9. The minimum absolute atomic E-state index is 0. The largest absolute Gasteiger partial charge is 0.164 e. The molecule has 2 heteroatoms. The Hall–Kier alpha value is -2.81. The first kappa shape index (κ1) is 33.7. The third kappa shape index (κ3) is 8.17. The predicted octanol–water partition coefficient (Wildman–Crippen LogP) is 11.8. The Morgan fingerprint density at radius 3 is 1.24 bits per heavy atom. The molecule has 0 heterocycles. The smallest absolute Gasteiger partial charge is 0.0307 e. The Kier molecular flexibility index (Phi) is 13.4. The third-order valence-electron chi connectivity index (χ3n) is 7.57. The van der Waals surface area contributed by atoms with Crippen LogP contribution in [0.3, 0.4) is 0 Å². The predicted molar refractivity (Wildman–Crippen MR) is 185 cm³/mol. The van der Waals surface area contributed by atoms with Crippen molar-refractivity contribution in [2.75, 3.05) is 0 Å². The quantitative estimate of drug-likeness (QED) is 0.118. The summed E-state index contributed by atoms with van der Waals surface area (Å²) in [6.45, 7) is 13.1. The minimum atomic E-state index is 0. The first-order valence-electron chi connectivity index (χ1n) is 15.1. The summed E-state index contributed by atoms with van der Waals surface area (Å²) in [4.78, 5) is 0. The molecule has 0 bridgehead atoms. The molecule has 6 rings (SSSR count). The van der Waals surface area contributed by atoms with Crippen molar-refractivity contribution in [3.05, 3.63) is 131 Å². The molecule has 0 amide bonds. The molecule has 0 saturated carbocycles. The second-order valence-electron chi connectivity index (χ2n) is 11.0. The molecule has 0 nitrogen and oxygen atoms in total. The van der Waals surface area contributed by atoms with Crippen molar-refractivity contribution < 1.29 is 25.8 Å². The van der Waals surface area contributed by atoms with Gasteiger partial charge in [-0.15, -0.1) is 69.1 Å². The maximum Gasteiger partial charge on any atom is 0.0307 e. The SMILES string of the molecule is CCCc1cc2c(-c3ccccc3C)cccc2[cH-]1.CCCc1cc2c(-c3ccccc3C)cccc2[cH-]1.C[Si]C.[Hf]. The molecular formula is C40H44HfSi-2. The van der Waals surface area contributed by atoms with E-state index >= 15 is 0 Å². The zero-order valence-corrected chi connectivity index (χ0v) is 30.8. The van der Waals surface area contributed by atoms with Crippen LogP contribution >= 0.6 is 0 Å². The molecule has 0 unspecified atom stereocenters. The van der Waals surface area contributed by atoms with E-state index in [1.54, 1.807) is 0 Å². The van der Waals surface area contributed by atoms with Gasteiger partial charge in [0.2, 0.25) is 0 Å². The van der Waals surface area contributed by atoms with Crippen molar-refractivity contribution in [1.29, 1.82) is 0 Å². The molecule has 2 radical (unpaired) electrons. The molecule has 0 fully saturated rings. The third-order valence-corrected chi connectivity index (χ3v) is 7.57. The topological polar surface area (TPSA) is 0 Å². The number of fused-ring (bicyclic) bond motifs is 2. The van der Waals surface area contributed by atoms with E-state index in [1.807, 2.05) is 0 Å². The van der Waals surface area contributed by atoms with Crippen LogP contribution in [0.4, 0.5) is 0 Å². The van der Waals surface area contributed by atoms with Crippen LogP contribution in [0.2, 0.25) is 13.1 Å². The Balaban J connectivity index is 0.000000207. The summed E-state index contributed by atoms with van der Waals surface area (Å²) in [5.41, 5.74) is 11.0. The Bertz CT molecular complexity index is 1560. The number of hydrogen-bond donors (Lipinski definition) is 0. The molecule has 6 aromatic rings. The van der Waals surface area contributed by atoms with Gasteiger partial charge in [0, 0.05) is 35.4 Å². The van der Waals surface area contributed by atoms with Crippen molar-refractivity contribution in [2.24, 2.45) is 0 Å². The molecular weight excluding hydrogens is 687 g/mol. The van der Waals surface area contributed by atoms with Gasteiger partial charge in [0.15, 0.2) is 0 Å². The van der Waals surface area contributed by atoms with E-state index in [-0.39, 0.29) is 25.8 Å². The van der Waals surface area contributed by atoms with Gasteiger partial charge in [-0.2, -0.15) is 12.1 Å². The number of aryl methyl sites for hydroxylation is 4. The Labute approximate surface area is 275 Å². The van der Waals surface area contributed by atoms with Crippen molar-refractivity contribution in [3.63, 3.8) is 0 Å². The van der Waals surface area contributed by atoms with Crippen molar-refractivity contribution >= 4 is 31.1 Å². The first-order chi connectivity index (χ1) is 20.0. The van der Waals surface area contributed by atoms with Gasteiger partial charge < -0.3 is 0 Å². The second kappa shape index (κ2) is 16.7. The Morgan fingerprint density at radius 1 is 0.524 bits per heavy atom. The first-order valence-corrected chi connectivity index (χ1v) is 17.1. The van der Waals surface area contributed by atoms with E-state index in [2.05, 4.69) is 150 Å². The van der Waals surface area contributed by atoms with Gasteiger partial charge >= 0.3 is 0 Å². The summed E-state index contributed by atoms with van der Waals surface area (Å²) < 4.78 is 0. The Morgan fingerprint density at radius 2 is 0.881 bits per heavy atom. The summed E-state index contributed by atoms with van der Waals surface area (Å²) in [5, 5.41) is 5.51. The van der Waals surface area contributed by atoms with Gasteiger partial charge in [-0.05, 0) is 48.9 Å². The van der Waals surface area contributed by atoms with E-state index in [0.717, 1.165) is 9.52 Å².